The smallest absolute Gasteiger partial charge is 0.353 e. The van der Waals surface area contributed by atoms with Crippen molar-refractivity contribution in [3.63, 3.8) is 0 Å². The van der Waals surface area contributed by atoms with E-state index in [1.54, 1.807) is 21.6 Å². The van der Waals surface area contributed by atoms with Gasteiger partial charge in [-0.15, -0.1) is 5.10 Å². The van der Waals surface area contributed by atoms with Crippen LogP contribution in [0.25, 0.3) is 22.3 Å². The Bertz CT molecular complexity index is 1170. The lowest BCUT2D eigenvalue weighted by Crippen LogP contribution is -2.28. The molecule has 1 aromatic carbocycles. The first-order valence-electron chi connectivity index (χ1n) is 9.15. The molecule has 3 aromatic heterocycles. The summed E-state index contributed by atoms with van der Waals surface area (Å²) < 4.78 is 10.1. The van der Waals surface area contributed by atoms with Gasteiger partial charge >= 0.3 is 11.7 Å². The van der Waals surface area contributed by atoms with E-state index in [9.17, 15) is 4.79 Å². The molecule has 4 rings (SSSR count). The summed E-state index contributed by atoms with van der Waals surface area (Å²) in [6.45, 7) is 6.11. The van der Waals surface area contributed by atoms with E-state index >= 15 is 0 Å². The van der Waals surface area contributed by atoms with Crippen LogP contribution in [0, 0.1) is 5.92 Å². The van der Waals surface area contributed by atoms with Crippen LogP contribution < -0.4 is 10.4 Å². The van der Waals surface area contributed by atoms with Crippen LogP contribution in [0.4, 0.5) is 0 Å². The van der Waals surface area contributed by atoms with Crippen LogP contribution in [-0.4, -0.2) is 36.2 Å². The van der Waals surface area contributed by atoms with E-state index < -0.39 is 0 Å². The van der Waals surface area contributed by atoms with Crippen molar-refractivity contribution in [3.8, 4) is 17.4 Å². The standard InChI is InChI=1S/C20H22N6O2/c1-13(2)14(3)25-19(28-4)23-26(20(25)27)16-7-8-18-15(10-16)12-24(22-18)17-6-5-9-21-11-17/h5-14H,1-4H3. The second kappa shape index (κ2) is 6.95. The number of benzene rings is 1. The van der Waals surface area contributed by atoms with Gasteiger partial charge in [0, 0.05) is 23.8 Å². The van der Waals surface area contributed by atoms with Crippen molar-refractivity contribution in [3.05, 3.63) is 59.4 Å². The Hall–Kier alpha value is -3.42. The quantitative estimate of drug-likeness (QED) is 0.533. The average Bonchev–Trinajstić information content (AvgIpc) is 3.28. The highest BCUT2D eigenvalue weighted by Gasteiger charge is 2.22. The second-order valence-corrected chi connectivity index (χ2v) is 7.06. The van der Waals surface area contributed by atoms with E-state index in [0.29, 0.717) is 11.7 Å². The van der Waals surface area contributed by atoms with Gasteiger partial charge < -0.3 is 4.74 Å². The van der Waals surface area contributed by atoms with Crippen molar-refractivity contribution >= 4 is 10.9 Å². The van der Waals surface area contributed by atoms with Gasteiger partial charge in [0.25, 0.3) is 0 Å². The number of hydrogen-bond donors (Lipinski definition) is 0. The van der Waals surface area contributed by atoms with E-state index in [-0.39, 0.29) is 17.6 Å². The van der Waals surface area contributed by atoms with Gasteiger partial charge in [-0.3, -0.25) is 4.98 Å². The Morgan fingerprint density at radius 3 is 2.57 bits per heavy atom. The molecule has 28 heavy (non-hydrogen) atoms. The third kappa shape index (κ3) is 2.96. The summed E-state index contributed by atoms with van der Waals surface area (Å²) in [7, 11) is 1.52. The molecule has 0 saturated carbocycles. The van der Waals surface area contributed by atoms with Crippen LogP contribution in [0.2, 0.25) is 0 Å². The van der Waals surface area contributed by atoms with E-state index in [2.05, 4.69) is 29.0 Å². The summed E-state index contributed by atoms with van der Waals surface area (Å²) in [4.78, 5) is 17.1. The zero-order valence-corrected chi connectivity index (χ0v) is 16.3. The number of methoxy groups -OCH3 is 1. The highest BCUT2D eigenvalue weighted by molar-refractivity contribution is 5.80. The van der Waals surface area contributed by atoms with E-state index in [0.717, 1.165) is 16.6 Å². The SMILES string of the molecule is COc1nn(-c2ccc3nn(-c4cccnc4)cc3c2)c(=O)n1C(C)C(C)C. The Balaban J connectivity index is 1.81. The highest BCUT2D eigenvalue weighted by Crippen LogP contribution is 2.22. The first kappa shape index (κ1) is 18.0. The van der Waals surface area contributed by atoms with E-state index in [4.69, 9.17) is 4.74 Å². The maximum absolute atomic E-state index is 13.0. The molecule has 0 N–H and O–H groups in total. The number of pyridine rings is 1. The van der Waals surface area contributed by atoms with Crippen molar-refractivity contribution in [1.82, 2.24) is 29.1 Å². The van der Waals surface area contributed by atoms with Crippen LogP contribution in [0.3, 0.4) is 0 Å². The summed E-state index contributed by atoms with van der Waals surface area (Å²) in [5, 5.41) is 9.85. The van der Waals surface area contributed by atoms with Crippen LogP contribution in [-0.2, 0) is 0 Å². The van der Waals surface area contributed by atoms with Gasteiger partial charge in [-0.05, 0) is 43.2 Å². The van der Waals surface area contributed by atoms with Crippen molar-refractivity contribution in [2.45, 2.75) is 26.8 Å². The Morgan fingerprint density at radius 1 is 1.07 bits per heavy atom. The number of ether oxygens (including phenoxy) is 1. The fourth-order valence-corrected chi connectivity index (χ4v) is 3.08. The first-order valence-corrected chi connectivity index (χ1v) is 9.15. The lowest BCUT2D eigenvalue weighted by molar-refractivity contribution is 0.309. The zero-order valence-electron chi connectivity index (χ0n) is 16.3. The van der Waals surface area contributed by atoms with Crippen molar-refractivity contribution < 1.29 is 4.74 Å². The average molecular weight is 378 g/mol. The van der Waals surface area contributed by atoms with Gasteiger partial charge in [0.05, 0.1) is 30.2 Å². The molecule has 0 amide bonds. The lowest BCUT2D eigenvalue weighted by atomic mass is 10.1. The maximum Gasteiger partial charge on any atom is 0.353 e. The van der Waals surface area contributed by atoms with Crippen molar-refractivity contribution in [2.75, 3.05) is 7.11 Å². The second-order valence-electron chi connectivity index (χ2n) is 7.06. The Morgan fingerprint density at radius 2 is 1.89 bits per heavy atom. The molecular weight excluding hydrogens is 356 g/mol. The molecule has 0 radical (unpaired) electrons. The molecule has 1 unspecified atom stereocenters. The van der Waals surface area contributed by atoms with Gasteiger partial charge in [-0.25, -0.2) is 14.0 Å². The molecule has 144 valence electrons. The third-order valence-electron chi connectivity index (χ3n) is 4.98. The molecule has 0 saturated heterocycles. The number of nitrogens with zero attached hydrogens (tertiary/aromatic N) is 6. The summed E-state index contributed by atoms with van der Waals surface area (Å²) >= 11 is 0. The van der Waals surface area contributed by atoms with Crippen LogP contribution in [0.1, 0.15) is 26.8 Å². The number of aromatic nitrogens is 6. The predicted molar refractivity (Wildman–Crippen MR) is 106 cm³/mol. The molecule has 4 aromatic rings. The normalized spacial score (nSPS) is 12.6. The fraction of sp³-hybridized carbons (Fsp3) is 0.300. The van der Waals surface area contributed by atoms with Crippen LogP contribution in [0.15, 0.2) is 53.7 Å². The minimum absolute atomic E-state index is 0.0340. The monoisotopic (exact) mass is 378 g/mol. The Kier molecular flexibility index (Phi) is 4.46. The molecule has 0 aliphatic carbocycles. The van der Waals surface area contributed by atoms with Crippen LogP contribution in [0.5, 0.6) is 6.01 Å². The van der Waals surface area contributed by atoms with Gasteiger partial charge in [0.2, 0.25) is 0 Å². The Labute approximate surface area is 162 Å². The van der Waals surface area contributed by atoms with Gasteiger partial charge in [0.1, 0.15) is 0 Å². The number of hydrogen-bond acceptors (Lipinski definition) is 5. The van der Waals surface area contributed by atoms with E-state index in [1.165, 1.54) is 11.8 Å². The summed E-state index contributed by atoms with van der Waals surface area (Å²) in [5.41, 5.74) is 2.13. The fourth-order valence-electron chi connectivity index (χ4n) is 3.08. The molecular formula is C20H22N6O2. The van der Waals surface area contributed by atoms with Crippen molar-refractivity contribution in [1.29, 1.82) is 0 Å². The molecule has 0 aliphatic heterocycles. The minimum Gasteiger partial charge on any atom is -0.467 e. The predicted octanol–water partition coefficient (Wildman–Crippen LogP) is 2.99. The molecule has 8 nitrogen and oxygen atoms in total. The van der Waals surface area contributed by atoms with Crippen molar-refractivity contribution in [2.24, 2.45) is 5.92 Å². The first-order chi connectivity index (χ1) is 13.5. The zero-order chi connectivity index (χ0) is 19.8. The highest BCUT2D eigenvalue weighted by atomic mass is 16.5. The summed E-state index contributed by atoms with van der Waals surface area (Å²) in [5.74, 6) is 0.268. The number of fused-ring (bicyclic) bond motifs is 1. The third-order valence-corrected chi connectivity index (χ3v) is 4.98. The number of rotatable bonds is 5. The van der Waals surface area contributed by atoms with Gasteiger partial charge in [-0.1, -0.05) is 13.8 Å². The van der Waals surface area contributed by atoms with Gasteiger partial charge in [0.15, 0.2) is 0 Å². The maximum atomic E-state index is 13.0. The molecule has 3 heterocycles. The minimum atomic E-state index is -0.225. The summed E-state index contributed by atoms with van der Waals surface area (Å²) in [6.07, 6.45) is 5.38. The van der Waals surface area contributed by atoms with Gasteiger partial charge in [-0.2, -0.15) is 9.78 Å². The topological polar surface area (TPSA) is 79.8 Å². The molecule has 0 aliphatic rings. The molecule has 8 heteroatoms. The molecule has 0 spiro atoms. The molecule has 0 bridgehead atoms. The summed E-state index contributed by atoms with van der Waals surface area (Å²) in [6, 6.07) is 9.67. The molecule has 1 atom stereocenters. The lowest BCUT2D eigenvalue weighted by Gasteiger charge is -2.16. The largest absolute Gasteiger partial charge is 0.467 e. The molecule has 0 fully saturated rings. The van der Waals surface area contributed by atoms with Crippen LogP contribution >= 0.6 is 0 Å². The van der Waals surface area contributed by atoms with E-state index in [1.807, 2.05) is 43.5 Å².